The van der Waals surface area contributed by atoms with Crippen LogP contribution in [0.3, 0.4) is 0 Å². The van der Waals surface area contributed by atoms with Gasteiger partial charge in [0.1, 0.15) is 17.1 Å². The van der Waals surface area contributed by atoms with Gasteiger partial charge < -0.3 is 20.1 Å². The molecule has 3 N–H and O–H groups in total. The minimum absolute atomic E-state index is 0.0224. The molecule has 5 rings (SSSR count). The second-order valence-corrected chi connectivity index (χ2v) is 11.4. The summed E-state index contributed by atoms with van der Waals surface area (Å²) in [6, 6.07) is 7.74. The van der Waals surface area contributed by atoms with E-state index in [2.05, 4.69) is 19.6 Å². The Balaban J connectivity index is 1.68. The standard InChI is InChI=1S/C27H29F2N7O4S/c1-16-15-40-9-8-36(16)26-20-11-17(19-5-3-6-21(23(19)29)35-41(37,38)10-4-7-28)12-22(39-2)24(20)33-25(34-26)18-13-31-27(30)32-14-18/h3,5-6,11-14,16,35H,4,7-10,15H2,1-2H3,(H2,30,31,32). The molecule has 14 heteroatoms. The number of anilines is 3. The molecule has 1 aliphatic heterocycles. The summed E-state index contributed by atoms with van der Waals surface area (Å²) >= 11 is 0. The second-order valence-electron chi connectivity index (χ2n) is 9.52. The Morgan fingerprint density at radius 2 is 1.98 bits per heavy atom. The van der Waals surface area contributed by atoms with Crippen LogP contribution in [0.4, 0.5) is 26.2 Å². The molecule has 1 atom stereocenters. The van der Waals surface area contributed by atoms with Crippen LogP contribution >= 0.6 is 0 Å². The van der Waals surface area contributed by atoms with Gasteiger partial charge in [-0.1, -0.05) is 12.1 Å². The number of aromatic nitrogens is 4. The van der Waals surface area contributed by atoms with E-state index in [0.29, 0.717) is 59.2 Å². The lowest BCUT2D eigenvalue weighted by Gasteiger charge is -2.35. The van der Waals surface area contributed by atoms with E-state index in [9.17, 15) is 12.8 Å². The molecule has 1 aliphatic rings. The predicted octanol–water partition coefficient (Wildman–Crippen LogP) is 3.81. The number of rotatable bonds is 9. The summed E-state index contributed by atoms with van der Waals surface area (Å²) in [6.45, 7) is 2.76. The molecule has 2 aromatic heterocycles. The molecule has 0 saturated carbocycles. The molecule has 3 heterocycles. The normalized spacial score (nSPS) is 15.7. The van der Waals surface area contributed by atoms with Gasteiger partial charge >= 0.3 is 0 Å². The summed E-state index contributed by atoms with van der Waals surface area (Å²) in [5, 5.41) is 0.599. The number of fused-ring (bicyclic) bond motifs is 1. The SMILES string of the molecule is COc1cc(-c2cccc(NS(=O)(=O)CCCF)c2F)cc2c(N3CCOCC3C)nc(-c3cnc(N)nc3)nc12. The lowest BCUT2D eigenvalue weighted by Crippen LogP contribution is -2.44. The maximum atomic E-state index is 15.8. The van der Waals surface area contributed by atoms with Crippen molar-refractivity contribution in [3.8, 4) is 28.3 Å². The van der Waals surface area contributed by atoms with E-state index in [-0.39, 0.29) is 29.7 Å². The van der Waals surface area contributed by atoms with E-state index in [0.717, 1.165) is 0 Å². The highest BCUT2D eigenvalue weighted by Gasteiger charge is 2.26. The molecule has 41 heavy (non-hydrogen) atoms. The molecule has 0 spiro atoms. The van der Waals surface area contributed by atoms with Gasteiger partial charge in [-0.15, -0.1) is 0 Å². The Morgan fingerprint density at radius 3 is 2.68 bits per heavy atom. The molecule has 11 nitrogen and oxygen atoms in total. The molecular weight excluding hydrogens is 556 g/mol. The Kier molecular flexibility index (Phi) is 8.13. The first kappa shape index (κ1) is 28.4. The van der Waals surface area contributed by atoms with E-state index >= 15 is 4.39 Å². The molecule has 2 aromatic carbocycles. The highest BCUT2D eigenvalue weighted by atomic mass is 32.2. The number of ether oxygens (including phenoxy) is 2. The van der Waals surface area contributed by atoms with Gasteiger partial charge in [-0.2, -0.15) is 0 Å². The van der Waals surface area contributed by atoms with E-state index in [4.69, 9.17) is 25.2 Å². The topological polar surface area (TPSA) is 145 Å². The Labute approximate surface area is 235 Å². The van der Waals surface area contributed by atoms with Crippen molar-refractivity contribution in [3.05, 3.63) is 48.5 Å². The Hall–Kier alpha value is -4.17. The number of hydrogen-bond donors (Lipinski definition) is 2. The van der Waals surface area contributed by atoms with Crippen LogP contribution in [0.5, 0.6) is 5.75 Å². The third-order valence-electron chi connectivity index (χ3n) is 6.66. The predicted molar refractivity (Wildman–Crippen MR) is 153 cm³/mol. The van der Waals surface area contributed by atoms with Gasteiger partial charge in [0, 0.05) is 29.9 Å². The first-order chi connectivity index (χ1) is 19.7. The zero-order chi connectivity index (χ0) is 29.1. The number of alkyl halides is 1. The van der Waals surface area contributed by atoms with Gasteiger partial charge in [0.25, 0.3) is 0 Å². The lowest BCUT2D eigenvalue weighted by atomic mass is 10.0. The molecule has 0 amide bonds. The van der Waals surface area contributed by atoms with Crippen molar-refractivity contribution in [1.82, 2.24) is 19.9 Å². The highest BCUT2D eigenvalue weighted by Crippen LogP contribution is 2.39. The second kappa shape index (κ2) is 11.7. The number of nitrogens with zero attached hydrogens (tertiary/aromatic N) is 5. The van der Waals surface area contributed by atoms with E-state index in [1.165, 1.54) is 37.7 Å². The Bertz CT molecular complexity index is 1670. The summed E-state index contributed by atoms with van der Waals surface area (Å²) in [5.41, 5.74) is 7.01. The first-order valence-electron chi connectivity index (χ1n) is 12.9. The number of methoxy groups -OCH3 is 1. The minimum Gasteiger partial charge on any atom is -0.494 e. The molecular formula is C27H29F2N7O4S. The zero-order valence-electron chi connectivity index (χ0n) is 22.5. The van der Waals surface area contributed by atoms with Crippen molar-refractivity contribution in [1.29, 1.82) is 0 Å². The quantitative estimate of drug-likeness (QED) is 0.297. The highest BCUT2D eigenvalue weighted by molar-refractivity contribution is 7.92. The maximum Gasteiger partial charge on any atom is 0.232 e. The van der Waals surface area contributed by atoms with Crippen molar-refractivity contribution in [2.24, 2.45) is 0 Å². The molecule has 0 bridgehead atoms. The average Bonchev–Trinajstić information content (AvgIpc) is 2.97. The maximum absolute atomic E-state index is 15.8. The van der Waals surface area contributed by atoms with Crippen LogP contribution in [0.1, 0.15) is 13.3 Å². The third kappa shape index (κ3) is 5.98. The number of nitrogens with two attached hydrogens (primary N) is 1. The Morgan fingerprint density at radius 1 is 1.20 bits per heavy atom. The van der Waals surface area contributed by atoms with Crippen LogP contribution in [-0.2, 0) is 14.8 Å². The van der Waals surface area contributed by atoms with Crippen LogP contribution in [0.25, 0.3) is 33.4 Å². The number of nitrogens with one attached hydrogen (secondary N) is 1. The number of hydrogen-bond acceptors (Lipinski definition) is 10. The fourth-order valence-corrected chi connectivity index (χ4v) is 5.72. The molecule has 0 aliphatic carbocycles. The summed E-state index contributed by atoms with van der Waals surface area (Å²) in [6.07, 6.45) is 2.88. The molecule has 1 unspecified atom stereocenters. The monoisotopic (exact) mass is 585 g/mol. The van der Waals surface area contributed by atoms with Gasteiger partial charge in [-0.05, 0) is 37.1 Å². The van der Waals surface area contributed by atoms with Crippen molar-refractivity contribution in [2.75, 3.05) is 54.7 Å². The molecule has 0 radical (unpaired) electrons. The van der Waals surface area contributed by atoms with Crippen molar-refractivity contribution < 1.29 is 26.7 Å². The van der Waals surface area contributed by atoms with Crippen LogP contribution < -0.4 is 20.1 Å². The van der Waals surface area contributed by atoms with Crippen LogP contribution in [0.2, 0.25) is 0 Å². The number of morpholine rings is 1. The van der Waals surface area contributed by atoms with Crippen LogP contribution in [0, 0.1) is 5.82 Å². The van der Waals surface area contributed by atoms with Crippen molar-refractivity contribution >= 4 is 38.4 Å². The van der Waals surface area contributed by atoms with E-state index < -0.39 is 28.3 Å². The van der Waals surface area contributed by atoms with Gasteiger partial charge in [0.05, 0.1) is 50.0 Å². The average molecular weight is 586 g/mol. The number of nitrogen functional groups attached to an aromatic ring is 1. The van der Waals surface area contributed by atoms with Crippen LogP contribution in [0.15, 0.2) is 42.7 Å². The number of benzene rings is 2. The molecule has 1 saturated heterocycles. The molecule has 4 aromatic rings. The summed E-state index contributed by atoms with van der Waals surface area (Å²) in [7, 11) is -2.46. The first-order valence-corrected chi connectivity index (χ1v) is 14.5. The summed E-state index contributed by atoms with van der Waals surface area (Å²) in [4.78, 5) is 19.8. The van der Waals surface area contributed by atoms with Gasteiger partial charge in [0.2, 0.25) is 16.0 Å². The van der Waals surface area contributed by atoms with Gasteiger partial charge in [-0.25, -0.2) is 32.7 Å². The smallest absolute Gasteiger partial charge is 0.232 e. The molecule has 1 fully saturated rings. The van der Waals surface area contributed by atoms with Crippen LogP contribution in [-0.4, -0.2) is 73.7 Å². The number of sulfonamides is 1. The number of halogens is 2. The fraction of sp³-hybridized carbons (Fsp3) is 0.333. The van der Waals surface area contributed by atoms with E-state index in [1.807, 2.05) is 6.92 Å². The zero-order valence-corrected chi connectivity index (χ0v) is 23.3. The summed E-state index contributed by atoms with van der Waals surface area (Å²) in [5.74, 6) is 0.169. The third-order valence-corrected chi connectivity index (χ3v) is 8.01. The van der Waals surface area contributed by atoms with E-state index in [1.54, 1.807) is 12.1 Å². The van der Waals surface area contributed by atoms with Gasteiger partial charge in [0.15, 0.2) is 11.6 Å². The van der Waals surface area contributed by atoms with Crippen molar-refractivity contribution in [2.45, 2.75) is 19.4 Å². The lowest BCUT2D eigenvalue weighted by molar-refractivity contribution is 0.0987. The molecule has 216 valence electrons. The van der Waals surface area contributed by atoms with Crippen molar-refractivity contribution in [3.63, 3.8) is 0 Å². The summed E-state index contributed by atoms with van der Waals surface area (Å²) < 4.78 is 66.6. The fourth-order valence-electron chi connectivity index (χ4n) is 4.64. The minimum atomic E-state index is -3.94. The largest absolute Gasteiger partial charge is 0.494 e. The van der Waals surface area contributed by atoms with Gasteiger partial charge in [-0.3, -0.25) is 9.11 Å².